The zero-order valence-electron chi connectivity index (χ0n) is 9.22. The van der Waals surface area contributed by atoms with Crippen LogP contribution in [-0.2, 0) is 0 Å². The van der Waals surface area contributed by atoms with Gasteiger partial charge in [0.05, 0.1) is 0 Å². The molecule has 1 aromatic heterocycles. The second-order valence-corrected chi connectivity index (χ2v) is 4.12. The van der Waals surface area contributed by atoms with Crippen molar-refractivity contribution in [1.82, 2.24) is 0 Å². The largest absolute Gasteiger partial charge is 0.448 e. The number of benzene rings is 1. The van der Waals surface area contributed by atoms with E-state index in [2.05, 4.69) is 24.8 Å². The standard InChI is InChI=1S/C14H13ClO/c1-11-6-7-14-12(9-11)10-13(16-14)5-3-2-4-8-15/h6-7,9-10H,2,4,8H2,1H3. The molecule has 0 radical (unpaired) electrons. The summed E-state index contributed by atoms with van der Waals surface area (Å²) in [5.41, 5.74) is 2.13. The summed E-state index contributed by atoms with van der Waals surface area (Å²) in [5.74, 6) is 7.46. The van der Waals surface area contributed by atoms with Gasteiger partial charge in [-0.2, -0.15) is 0 Å². The van der Waals surface area contributed by atoms with E-state index in [0.717, 1.165) is 29.6 Å². The minimum atomic E-state index is 0.661. The lowest BCUT2D eigenvalue weighted by molar-refractivity contribution is 0.601. The van der Waals surface area contributed by atoms with Gasteiger partial charge in [0.2, 0.25) is 0 Å². The molecule has 0 saturated carbocycles. The van der Waals surface area contributed by atoms with Crippen LogP contribution in [0.15, 0.2) is 28.7 Å². The second-order valence-electron chi connectivity index (χ2n) is 3.75. The maximum Gasteiger partial charge on any atom is 0.178 e. The van der Waals surface area contributed by atoms with Crippen molar-refractivity contribution in [3.05, 3.63) is 35.6 Å². The molecule has 0 aliphatic rings. The molecule has 1 nitrogen and oxygen atoms in total. The van der Waals surface area contributed by atoms with Gasteiger partial charge in [0.15, 0.2) is 5.76 Å². The Balaban J connectivity index is 2.21. The van der Waals surface area contributed by atoms with Gasteiger partial charge in [0.1, 0.15) is 5.58 Å². The van der Waals surface area contributed by atoms with Crippen LogP contribution in [0.5, 0.6) is 0 Å². The van der Waals surface area contributed by atoms with Crippen LogP contribution < -0.4 is 0 Å². The summed E-state index contributed by atoms with van der Waals surface area (Å²) < 4.78 is 5.60. The van der Waals surface area contributed by atoms with Gasteiger partial charge in [0.25, 0.3) is 0 Å². The van der Waals surface area contributed by atoms with Crippen molar-refractivity contribution in [2.45, 2.75) is 19.8 Å². The summed E-state index contributed by atoms with van der Waals surface area (Å²) in [5, 5.41) is 1.11. The Labute approximate surface area is 100 Å². The van der Waals surface area contributed by atoms with Crippen molar-refractivity contribution >= 4 is 22.6 Å². The van der Waals surface area contributed by atoms with E-state index < -0.39 is 0 Å². The molecule has 0 bridgehead atoms. The van der Waals surface area contributed by atoms with Crippen LogP contribution in [0.2, 0.25) is 0 Å². The van der Waals surface area contributed by atoms with Crippen molar-refractivity contribution in [2.75, 3.05) is 5.88 Å². The molecule has 0 N–H and O–H groups in total. The first-order chi connectivity index (χ1) is 7.79. The molecule has 0 spiro atoms. The minimum Gasteiger partial charge on any atom is -0.448 e. The summed E-state index contributed by atoms with van der Waals surface area (Å²) in [6.07, 6.45) is 1.74. The summed E-state index contributed by atoms with van der Waals surface area (Å²) in [6, 6.07) is 8.10. The van der Waals surface area contributed by atoms with Gasteiger partial charge in [-0.1, -0.05) is 17.6 Å². The van der Waals surface area contributed by atoms with Gasteiger partial charge in [-0.25, -0.2) is 0 Å². The second kappa shape index (κ2) is 5.09. The number of alkyl halides is 1. The highest BCUT2D eigenvalue weighted by molar-refractivity contribution is 6.17. The SMILES string of the molecule is Cc1ccc2oc(C#CCCCCl)cc2c1. The molecular weight excluding hydrogens is 220 g/mol. The van der Waals surface area contributed by atoms with Crippen LogP contribution in [-0.4, -0.2) is 5.88 Å². The fourth-order valence-corrected chi connectivity index (χ4v) is 1.66. The highest BCUT2D eigenvalue weighted by atomic mass is 35.5. The van der Waals surface area contributed by atoms with Crippen LogP contribution in [0, 0.1) is 18.8 Å². The van der Waals surface area contributed by atoms with Crippen molar-refractivity contribution in [3.8, 4) is 11.8 Å². The number of unbranched alkanes of at least 4 members (excludes halogenated alkanes) is 1. The topological polar surface area (TPSA) is 13.1 Å². The monoisotopic (exact) mass is 232 g/mol. The van der Waals surface area contributed by atoms with E-state index in [4.69, 9.17) is 16.0 Å². The predicted molar refractivity (Wildman–Crippen MR) is 67.8 cm³/mol. The Morgan fingerprint density at radius 2 is 2.19 bits per heavy atom. The van der Waals surface area contributed by atoms with Crippen LogP contribution >= 0.6 is 11.6 Å². The third-order valence-electron chi connectivity index (χ3n) is 2.32. The molecule has 82 valence electrons. The quantitative estimate of drug-likeness (QED) is 0.432. The van der Waals surface area contributed by atoms with Gasteiger partial charge < -0.3 is 4.42 Å². The molecule has 0 aliphatic carbocycles. The first-order valence-electron chi connectivity index (χ1n) is 5.34. The van der Waals surface area contributed by atoms with Crippen LogP contribution in [0.1, 0.15) is 24.2 Å². The average molecular weight is 233 g/mol. The number of hydrogen-bond acceptors (Lipinski definition) is 1. The molecule has 0 saturated heterocycles. The van der Waals surface area contributed by atoms with Crippen LogP contribution in [0.3, 0.4) is 0 Å². The number of fused-ring (bicyclic) bond motifs is 1. The number of halogens is 1. The minimum absolute atomic E-state index is 0.661. The number of aryl methyl sites for hydroxylation is 1. The lowest BCUT2D eigenvalue weighted by Crippen LogP contribution is -1.71. The first kappa shape index (κ1) is 11.1. The normalized spacial score (nSPS) is 10.1. The molecule has 0 atom stereocenters. The molecule has 2 heteroatoms. The third kappa shape index (κ3) is 2.59. The van der Waals surface area contributed by atoms with Crippen LogP contribution in [0.25, 0.3) is 11.0 Å². The van der Waals surface area contributed by atoms with Crippen LogP contribution in [0.4, 0.5) is 0 Å². The van der Waals surface area contributed by atoms with E-state index in [0.29, 0.717) is 5.88 Å². The van der Waals surface area contributed by atoms with Gasteiger partial charge in [-0.3, -0.25) is 0 Å². The summed E-state index contributed by atoms with van der Waals surface area (Å²) >= 11 is 5.57. The average Bonchev–Trinajstić information content (AvgIpc) is 2.66. The molecule has 0 aliphatic heterocycles. The van der Waals surface area contributed by atoms with E-state index in [9.17, 15) is 0 Å². The van der Waals surface area contributed by atoms with E-state index in [1.54, 1.807) is 0 Å². The van der Waals surface area contributed by atoms with Crippen molar-refractivity contribution in [1.29, 1.82) is 0 Å². The van der Waals surface area contributed by atoms with Crippen molar-refractivity contribution in [3.63, 3.8) is 0 Å². The molecular formula is C14H13ClO. The Hall–Kier alpha value is -1.39. The van der Waals surface area contributed by atoms with E-state index in [1.807, 2.05) is 18.2 Å². The Morgan fingerprint density at radius 3 is 3.00 bits per heavy atom. The molecule has 2 aromatic rings. The smallest absolute Gasteiger partial charge is 0.178 e. The molecule has 1 heterocycles. The number of furan rings is 1. The number of hydrogen-bond donors (Lipinski definition) is 0. The summed E-state index contributed by atoms with van der Waals surface area (Å²) in [6.45, 7) is 2.07. The maximum atomic E-state index is 5.60. The Kier molecular flexibility index (Phi) is 3.54. The van der Waals surface area contributed by atoms with Gasteiger partial charge in [0, 0.05) is 23.8 Å². The number of rotatable bonds is 2. The maximum absolute atomic E-state index is 5.60. The highest BCUT2D eigenvalue weighted by Crippen LogP contribution is 2.19. The zero-order chi connectivity index (χ0) is 11.4. The van der Waals surface area contributed by atoms with Gasteiger partial charge >= 0.3 is 0 Å². The lowest BCUT2D eigenvalue weighted by atomic mass is 10.2. The fourth-order valence-electron chi connectivity index (χ4n) is 1.53. The lowest BCUT2D eigenvalue weighted by Gasteiger charge is -1.89. The molecule has 0 fully saturated rings. The first-order valence-corrected chi connectivity index (χ1v) is 5.88. The van der Waals surface area contributed by atoms with Crippen molar-refractivity contribution < 1.29 is 4.42 Å². The highest BCUT2D eigenvalue weighted by Gasteiger charge is 2.00. The molecule has 0 amide bonds. The van der Waals surface area contributed by atoms with E-state index >= 15 is 0 Å². The third-order valence-corrected chi connectivity index (χ3v) is 2.59. The molecule has 2 rings (SSSR count). The Bertz CT molecular complexity index is 543. The zero-order valence-corrected chi connectivity index (χ0v) is 9.97. The van der Waals surface area contributed by atoms with E-state index in [-0.39, 0.29) is 0 Å². The molecule has 0 unspecified atom stereocenters. The molecule has 1 aromatic carbocycles. The van der Waals surface area contributed by atoms with Crippen molar-refractivity contribution in [2.24, 2.45) is 0 Å². The fraction of sp³-hybridized carbons (Fsp3) is 0.286. The summed E-state index contributed by atoms with van der Waals surface area (Å²) in [4.78, 5) is 0. The summed E-state index contributed by atoms with van der Waals surface area (Å²) in [7, 11) is 0. The van der Waals surface area contributed by atoms with E-state index in [1.165, 1.54) is 5.56 Å². The molecule has 16 heavy (non-hydrogen) atoms. The van der Waals surface area contributed by atoms with Gasteiger partial charge in [-0.05, 0) is 31.4 Å². The van der Waals surface area contributed by atoms with Gasteiger partial charge in [-0.15, -0.1) is 11.6 Å². The predicted octanol–water partition coefficient (Wildman–Crippen LogP) is 4.11. The Morgan fingerprint density at radius 1 is 1.31 bits per heavy atom.